The van der Waals surface area contributed by atoms with Gasteiger partial charge in [-0.1, -0.05) is 27.5 Å². The molecule has 110 valence electrons. The number of hydrogen-bond donors (Lipinski definition) is 1. The Balaban J connectivity index is 2.22. The zero-order chi connectivity index (χ0) is 15.1. The summed E-state index contributed by atoms with van der Waals surface area (Å²) in [6.45, 7) is -0.949. The second kappa shape index (κ2) is 5.20. The Morgan fingerprint density at radius 1 is 1.45 bits per heavy atom. The van der Waals surface area contributed by atoms with E-state index < -0.39 is 30.7 Å². The molecule has 1 saturated heterocycles. The molecule has 1 N–H and O–H groups in total. The highest BCUT2D eigenvalue weighted by atomic mass is 79.9. The molecule has 1 heterocycles. The van der Waals surface area contributed by atoms with Gasteiger partial charge in [-0.2, -0.15) is 13.2 Å². The zero-order valence-corrected chi connectivity index (χ0v) is 12.4. The highest BCUT2D eigenvalue weighted by Gasteiger charge is 2.57. The number of aliphatic hydroxyl groups is 1. The normalized spacial score (nSPS) is 23.2. The van der Waals surface area contributed by atoms with Crippen LogP contribution in [0.25, 0.3) is 0 Å². The van der Waals surface area contributed by atoms with Gasteiger partial charge in [0.15, 0.2) is 5.60 Å². The molecule has 1 aromatic rings. The van der Waals surface area contributed by atoms with E-state index in [-0.39, 0.29) is 17.1 Å². The van der Waals surface area contributed by atoms with E-state index in [4.69, 9.17) is 11.6 Å². The Labute approximate surface area is 126 Å². The Morgan fingerprint density at radius 2 is 2.10 bits per heavy atom. The van der Waals surface area contributed by atoms with Crippen LogP contribution in [0, 0.1) is 0 Å². The third-order valence-corrected chi connectivity index (χ3v) is 4.04. The SMILES string of the molecule is O=C(c1cc(Br)ccc1Cl)N1CCC(O)(C(F)(F)F)C1. The quantitative estimate of drug-likeness (QED) is 0.822. The first-order chi connectivity index (χ1) is 9.14. The van der Waals surface area contributed by atoms with E-state index in [0.717, 1.165) is 4.90 Å². The molecule has 20 heavy (non-hydrogen) atoms. The molecule has 1 amide bonds. The molecule has 3 nitrogen and oxygen atoms in total. The van der Waals surface area contributed by atoms with Crippen molar-refractivity contribution >= 4 is 33.4 Å². The van der Waals surface area contributed by atoms with Crippen LogP contribution in [0.2, 0.25) is 5.02 Å². The minimum atomic E-state index is -4.76. The minimum absolute atomic E-state index is 0.104. The molecular weight excluding hydrogens is 362 g/mol. The summed E-state index contributed by atoms with van der Waals surface area (Å²) in [4.78, 5) is 13.1. The van der Waals surface area contributed by atoms with E-state index in [1.807, 2.05) is 0 Å². The lowest BCUT2D eigenvalue weighted by atomic mass is 10.0. The molecule has 8 heteroatoms. The van der Waals surface area contributed by atoms with Crippen LogP contribution in [0.15, 0.2) is 22.7 Å². The maximum atomic E-state index is 12.7. The fourth-order valence-electron chi connectivity index (χ4n) is 2.03. The smallest absolute Gasteiger partial charge is 0.379 e. The number of amides is 1. The lowest BCUT2D eigenvalue weighted by Gasteiger charge is -2.26. The van der Waals surface area contributed by atoms with Crippen LogP contribution < -0.4 is 0 Å². The Bertz CT molecular complexity index is 552. The summed E-state index contributed by atoms with van der Waals surface area (Å²) in [5.41, 5.74) is -2.74. The van der Waals surface area contributed by atoms with Crippen molar-refractivity contribution < 1.29 is 23.1 Å². The van der Waals surface area contributed by atoms with Crippen molar-refractivity contribution in [3.05, 3.63) is 33.3 Å². The molecule has 1 fully saturated rings. The first kappa shape index (κ1) is 15.6. The Kier molecular flexibility index (Phi) is 4.05. The van der Waals surface area contributed by atoms with Crippen molar-refractivity contribution in [3.63, 3.8) is 0 Å². The summed E-state index contributed by atoms with van der Waals surface area (Å²) >= 11 is 9.05. The molecule has 1 aromatic carbocycles. The molecule has 0 bridgehead atoms. The third-order valence-electron chi connectivity index (χ3n) is 3.22. The summed E-state index contributed by atoms with van der Waals surface area (Å²) in [7, 11) is 0. The molecule has 0 aromatic heterocycles. The van der Waals surface area contributed by atoms with Crippen molar-refractivity contribution in [2.24, 2.45) is 0 Å². The van der Waals surface area contributed by atoms with Gasteiger partial charge in [-0.3, -0.25) is 4.79 Å². The number of likely N-dealkylation sites (tertiary alicyclic amines) is 1. The molecular formula is C12H10BrClF3NO2. The standard InChI is InChI=1S/C12H10BrClF3NO2/c13-7-1-2-9(14)8(5-7)10(19)18-4-3-11(20,6-18)12(15,16)17/h1-2,5,20H,3-4,6H2. The molecule has 1 unspecified atom stereocenters. The van der Waals surface area contributed by atoms with Gasteiger partial charge in [0.1, 0.15) is 0 Å². The topological polar surface area (TPSA) is 40.5 Å². The van der Waals surface area contributed by atoms with Crippen molar-refractivity contribution in [1.29, 1.82) is 0 Å². The first-order valence-corrected chi connectivity index (χ1v) is 6.84. The number of halogens is 5. The van der Waals surface area contributed by atoms with Gasteiger partial charge in [-0.25, -0.2) is 0 Å². The van der Waals surface area contributed by atoms with Crippen LogP contribution in [0.3, 0.4) is 0 Å². The number of hydrogen-bond acceptors (Lipinski definition) is 2. The largest absolute Gasteiger partial charge is 0.419 e. The lowest BCUT2D eigenvalue weighted by Crippen LogP contribution is -2.48. The summed E-state index contributed by atoms with van der Waals surface area (Å²) in [5, 5.41) is 9.71. The van der Waals surface area contributed by atoms with E-state index in [1.165, 1.54) is 12.1 Å². The second-order valence-electron chi connectivity index (χ2n) is 4.63. The monoisotopic (exact) mass is 371 g/mol. The van der Waals surface area contributed by atoms with E-state index in [9.17, 15) is 23.1 Å². The molecule has 2 rings (SSSR count). The van der Waals surface area contributed by atoms with Gasteiger partial charge in [0.05, 0.1) is 17.1 Å². The van der Waals surface area contributed by atoms with E-state index in [1.54, 1.807) is 6.07 Å². The van der Waals surface area contributed by atoms with Crippen molar-refractivity contribution in [2.75, 3.05) is 13.1 Å². The predicted octanol–water partition coefficient (Wildman–Crippen LogP) is 3.24. The van der Waals surface area contributed by atoms with Gasteiger partial charge in [0.25, 0.3) is 5.91 Å². The van der Waals surface area contributed by atoms with E-state index in [2.05, 4.69) is 15.9 Å². The number of nitrogens with zero attached hydrogens (tertiary/aromatic N) is 1. The van der Waals surface area contributed by atoms with Crippen LogP contribution in [0.5, 0.6) is 0 Å². The summed E-state index contributed by atoms with van der Waals surface area (Å²) in [6.07, 6.45) is -5.29. The highest BCUT2D eigenvalue weighted by Crippen LogP contribution is 2.38. The molecule has 1 atom stereocenters. The minimum Gasteiger partial charge on any atom is -0.379 e. The number of carbonyl (C=O) groups excluding carboxylic acids is 1. The van der Waals surface area contributed by atoms with Gasteiger partial charge in [0.2, 0.25) is 0 Å². The number of β-amino-alcohol motifs (C(OH)–C–C–N with tert-alkyl or cyclic N) is 1. The van der Waals surface area contributed by atoms with Crippen LogP contribution in [0.1, 0.15) is 16.8 Å². The van der Waals surface area contributed by atoms with E-state index >= 15 is 0 Å². The van der Waals surface area contributed by atoms with Gasteiger partial charge >= 0.3 is 6.18 Å². The number of alkyl halides is 3. The molecule has 0 saturated carbocycles. The fourth-order valence-corrected chi connectivity index (χ4v) is 2.59. The second-order valence-corrected chi connectivity index (χ2v) is 5.95. The summed E-state index contributed by atoms with van der Waals surface area (Å²) in [5.74, 6) is -0.628. The maximum Gasteiger partial charge on any atom is 0.419 e. The molecule has 1 aliphatic rings. The average Bonchev–Trinajstić information content (AvgIpc) is 2.75. The van der Waals surface area contributed by atoms with Crippen molar-refractivity contribution in [1.82, 2.24) is 4.90 Å². The van der Waals surface area contributed by atoms with E-state index in [0.29, 0.717) is 4.47 Å². The van der Waals surface area contributed by atoms with Crippen molar-refractivity contribution in [2.45, 2.75) is 18.2 Å². The fraction of sp³-hybridized carbons (Fsp3) is 0.417. The van der Waals surface area contributed by atoms with Crippen LogP contribution >= 0.6 is 27.5 Å². The summed E-state index contributed by atoms with van der Waals surface area (Å²) < 4.78 is 38.7. The molecule has 0 spiro atoms. The average molecular weight is 373 g/mol. The van der Waals surface area contributed by atoms with Crippen LogP contribution in [-0.4, -0.2) is 40.8 Å². The van der Waals surface area contributed by atoms with Crippen LogP contribution in [-0.2, 0) is 0 Å². The van der Waals surface area contributed by atoms with Gasteiger partial charge in [0, 0.05) is 17.4 Å². The first-order valence-electron chi connectivity index (χ1n) is 5.67. The lowest BCUT2D eigenvalue weighted by molar-refractivity contribution is -0.253. The highest BCUT2D eigenvalue weighted by molar-refractivity contribution is 9.10. The van der Waals surface area contributed by atoms with Crippen molar-refractivity contribution in [3.8, 4) is 0 Å². The molecule has 0 aliphatic carbocycles. The predicted molar refractivity (Wildman–Crippen MR) is 70.7 cm³/mol. The number of rotatable bonds is 1. The third kappa shape index (κ3) is 2.80. The summed E-state index contributed by atoms with van der Waals surface area (Å²) in [6, 6.07) is 4.54. The Morgan fingerprint density at radius 3 is 2.65 bits per heavy atom. The number of benzene rings is 1. The number of carbonyl (C=O) groups is 1. The Hall–Kier alpha value is -0.790. The molecule has 0 radical (unpaired) electrons. The van der Waals surface area contributed by atoms with Gasteiger partial charge in [-0.05, 0) is 18.2 Å². The zero-order valence-electron chi connectivity index (χ0n) is 10.0. The maximum absolute atomic E-state index is 12.7. The van der Waals surface area contributed by atoms with Gasteiger partial charge in [-0.15, -0.1) is 0 Å². The molecule has 1 aliphatic heterocycles. The van der Waals surface area contributed by atoms with Crippen LogP contribution in [0.4, 0.5) is 13.2 Å². The van der Waals surface area contributed by atoms with Gasteiger partial charge < -0.3 is 10.0 Å².